The predicted octanol–water partition coefficient (Wildman–Crippen LogP) is 2.09. The fraction of sp³-hybridized carbons (Fsp3) is 0.333. The third-order valence-electron chi connectivity index (χ3n) is 4.32. The fourth-order valence-electron chi connectivity index (χ4n) is 3.36. The van der Waals surface area contributed by atoms with Crippen LogP contribution in [0.25, 0.3) is 0 Å². The Morgan fingerprint density at radius 2 is 1.70 bits per heavy atom. The van der Waals surface area contributed by atoms with E-state index >= 15 is 0 Å². The Morgan fingerprint density at radius 3 is 2.30 bits per heavy atom. The lowest BCUT2D eigenvalue weighted by molar-refractivity contribution is -0.124. The van der Waals surface area contributed by atoms with Gasteiger partial charge in [-0.3, -0.25) is 9.59 Å². The van der Waals surface area contributed by atoms with E-state index in [4.69, 9.17) is 16.3 Å². The second-order valence-electron chi connectivity index (χ2n) is 5.44. The molecule has 4 rings (SSSR count). The molecule has 20 heavy (non-hydrogen) atoms. The number of anilines is 1. The first-order valence-corrected chi connectivity index (χ1v) is 6.93. The normalized spacial score (nSPS) is 34.2. The molecule has 1 aromatic carbocycles. The molecule has 3 aliphatic rings. The minimum atomic E-state index is -0.379. The second-order valence-corrected chi connectivity index (χ2v) is 5.88. The summed E-state index contributed by atoms with van der Waals surface area (Å²) in [6, 6.07) is 5.24. The number of hydrogen-bond donors (Lipinski definition) is 0. The van der Waals surface area contributed by atoms with Crippen LogP contribution in [0.4, 0.5) is 5.69 Å². The summed E-state index contributed by atoms with van der Waals surface area (Å²) < 4.78 is 5.61. The Balaban J connectivity index is 1.80. The van der Waals surface area contributed by atoms with E-state index in [1.807, 2.05) is 25.1 Å². The van der Waals surface area contributed by atoms with E-state index < -0.39 is 0 Å². The molecule has 2 amide bonds. The quantitative estimate of drug-likeness (QED) is 0.587. The van der Waals surface area contributed by atoms with Crippen LogP contribution < -0.4 is 4.90 Å². The second kappa shape index (κ2) is 3.93. The first-order chi connectivity index (χ1) is 9.58. The largest absolute Gasteiger partial charge is 0.365 e. The molecule has 0 aliphatic carbocycles. The van der Waals surface area contributed by atoms with Crippen molar-refractivity contribution in [1.82, 2.24) is 0 Å². The first kappa shape index (κ1) is 12.1. The molecule has 0 unspecified atom stereocenters. The van der Waals surface area contributed by atoms with Gasteiger partial charge in [-0.2, -0.15) is 0 Å². The van der Waals surface area contributed by atoms with Crippen molar-refractivity contribution >= 4 is 29.1 Å². The number of rotatable bonds is 1. The maximum Gasteiger partial charge on any atom is 0.240 e. The monoisotopic (exact) mass is 289 g/mol. The molecule has 0 spiro atoms. The minimum absolute atomic E-state index is 0.179. The average Bonchev–Trinajstić information content (AvgIpc) is 3.08. The Hall–Kier alpha value is -1.65. The van der Waals surface area contributed by atoms with Gasteiger partial charge in [0.25, 0.3) is 0 Å². The van der Waals surface area contributed by atoms with Crippen molar-refractivity contribution in [3.05, 3.63) is 40.9 Å². The Bertz CT molecular complexity index is 639. The van der Waals surface area contributed by atoms with E-state index in [0.717, 1.165) is 5.56 Å². The third-order valence-corrected chi connectivity index (χ3v) is 4.56. The molecule has 0 saturated carbocycles. The number of imide groups is 1. The molecule has 2 fully saturated rings. The number of aryl methyl sites for hydroxylation is 1. The number of benzene rings is 1. The molecule has 1 aromatic rings. The lowest BCUT2D eigenvalue weighted by Crippen LogP contribution is -2.34. The van der Waals surface area contributed by atoms with Crippen LogP contribution in [0.15, 0.2) is 30.4 Å². The number of hydrogen-bond acceptors (Lipinski definition) is 3. The first-order valence-electron chi connectivity index (χ1n) is 6.55. The molecule has 3 aliphatic heterocycles. The zero-order valence-electron chi connectivity index (χ0n) is 10.7. The molecule has 2 saturated heterocycles. The number of amides is 2. The van der Waals surface area contributed by atoms with Gasteiger partial charge in [-0.15, -0.1) is 0 Å². The molecule has 3 heterocycles. The van der Waals surface area contributed by atoms with E-state index in [2.05, 4.69) is 0 Å². The average molecular weight is 290 g/mol. The van der Waals surface area contributed by atoms with Gasteiger partial charge in [0.2, 0.25) is 11.8 Å². The summed E-state index contributed by atoms with van der Waals surface area (Å²) in [5.74, 6) is -1.11. The fourth-order valence-corrected chi connectivity index (χ4v) is 3.53. The summed E-state index contributed by atoms with van der Waals surface area (Å²) >= 11 is 5.99. The van der Waals surface area contributed by atoms with Crippen molar-refractivity contribution in [2.24, 2.45) is 11.8 Å². The number of halogens is 1. The highest BCUT2D eigenvalue weighted by molar-refractivity contribution is 6.31. The van der Waals surface area contributed by atoms with Crippen molar-refractivity contribution < 1.29 is 14.3 Å². The van der Waals surface area contributed by atoms with Gasteiger partial charge >= 0.3 is 0 Å². The maximum absolute atomic E-state index is 12.6. The maximum atomic E-state index is 12.6. The van der Waals surface area contributed by atoms with Crippen LogP contribution >= 0.6 is 11.6 Å². The third kappa shape index (κ3) is 1.41. The van der Waals surface area contributed by atoms with E-state index in [9.17, 15) is 9.59 Å². The Kier molecular flexibility index (Phi) is 2.38. The molecule has 4 nitrogen and oxygen atoms in total. The number of carbonyl (C=O) groups excluding carboxylic acids is 2. The van der Waals surface area contributed by atoms with Crippen LogP contribution in [0.3, 0.4) is 0 Å². The van der Waals surface area contributed by atoms with Crippen LogP contribution in [0.2, 0.25) is 5.02 Å². The van der Waals surface area contributed by atoms with Crippen LogP contribution in [0, 0.1) is 18.8 Å². The summed E-state index contributed by atoms with van der Waals surface area (Å²) in [5, 5.41) is 0.514. The molecule has 0 aromatic heterocycles. The lowest BCUT2D eigenvalue weighted by Gasteiger charge is -2.19. The summed E-state index contributed by atoms with van der Waals surface area (Å²) in [6.07, 6.45) is 3.24. The zero-order chi connectivity index (χ0) is 14.0. The van der Waals surface area contributed by atoms with Crippen LogP contribution in [-0.2, 0) is 14.3 Å². The smallest absolute Gasteiger partial charge is 0.240 e. The highest BCUT2D eigenvalue weighted by Gasteiger charge is 2.61. The van der Waals surface area contributed by atoms with Gasteiger partial charge in [-0.05, 0) is 24.6 Å². The van der Waals surface area contributed by atoms with Gasteiger partial charge in [0.15, 0.2) is 0 Å². The van der Waals surface area contributed by atoms with Crippen LogP contribution in [0.5, 0.6) is 0 Å². The Labute approximate surface area is 121 Å². The summed E-state index contributed by atoms with van der Waals surface area (Å²) in [6.45, 7) is 1.86. The van der Waals surface area contributed by atoms with Gasteiger partial charge in [0.1, 0.15) is 0 Å². The molecule has 0 N–H and O–H groups in total. The van der Waals surface area contributed by atoms with E-state index in [1.54, 1.807) is 12.1 Å². The molecule has 102 valence electrons. The lowest BCUT2D eigenvalue weighted by atomic mass is 9.85. The highest BCUT2D eigenvalue weighted by Crippen LogP contribution is 2.46. The molecular weight excluding hydrogens is 278 g/mol. The zero-order valence-corrected chi connectivity index (χ0v) is 11.5. The van der Waals surface area contributed by atoms with Crippen molar-refractivity contribution in [2.45, 2.75) is 19.1 Å². The molecule has 4 atom stereocenters. The summed E-state index contributed by atoms with van der Waals surface area (Å²) in [4.78, 5) is 26.5. The molecule has 0 radical (unpaired) electrons. The number of fused-ring (bicyclic) bond motifs is 5. The topological polar surface area (TPSA) is 46.6 Å². The van der Waals surface area contributed by atoms with Gasteiger partial charge in [-0.25, -0.2) is 4.90 Å². The minimum Gasteiger partial charge on any atom is -0.365 e. The van der Waals surface area contributed by atoms with Crippen LogP contribution in [0.1, 0.15) is 5.56 Å². The van der Waals surface area contributed by atoms with Crippen molar-refractivity contribution in [3.63, 3.8) is 0 Å². The number of nitrogens with zero attached hydrogens (tertiary/aromatic N) is 1. The predicted molar refractivity (Wildman–Crippen MR) is 73.5 cm³/mol. The molecular formula is C15H12ClNO3. The summed E-state index contributed by atoms with van der Waals surface area (Å²) in [7, 11) is 0. The van der Waals surface area contributed by atoms with Crippen molar-refractivity contribution in [2.75, 3.05) is 4.90 Å². The van der Waals surface area contributed by atoms with Crippen molar-refractivity contribution in [3.8, 4) is 0 Å². The molecule has 5 heteroatoms. The van der Waals surface area contributed by atoms with Gasteiger partial charge in [-0.1, -0.05) is 29.8 Å². The standard InChI is InChI=1S/C15H12ClNO3/c1-7-2-3-8(16)6-9(7)17-14(18)12-10-4-5-11(20-10)13(12)15(17)19/h2-6,10-13H,1H3/t10-,11-,12+,13+/m1/s1. The number of carbonyl (C=O) groups is 2. The SMILES string of the molecule is Cc1ccc(Cl)cc1N1C(=O)[C@@H]2[C@@H](C1=O)[C@H]1C=C[C@H]2O1. The van der Waals surface area contributed by atoms with Gasteiger partial charge in [0.05, 0.1) is 29.7 Å². The van der Waals surface area contributed by atoms with E-state index in [1.165, 1.54) is 4.90 Å². The number of ether oxygens (including phenoxy) is 1. The van der Waals surface area contributed by atoms with E-state index in [0.29, 0.717) is 10.7 Å². The van der Waals surface area contributed by atoms with Gasteiger partial charge in [0, 0.05) is 5.02 Å². The molecule has 2 bridgehead atoms. The highest BCUT2D eigenvalue weighted by atomic mass is 35.5. The Morgan fingerprint density at radius 1 is 1.10 bits per heavy atom. The van der Waals surface area contributed by atoms with Crippen molar-refractivity contribution in [1.29, 1.82) is 0 Å². The summed E-state index contributed by atoms with van der Waals surface area (Å²) in [5.41, 5.74) is 1.44. The van der Waals surface area contributed by atoms with E-state index in [-0.39, 0.29) is 35.9 Å². The van der Waals surface area contributed by atoms with Crippen LogP contribution in [-0.4, -0.2) is 24.0 Å². The van der Waals surface area contributed by atoms with Gasteiger partial charge < -0.3 is 4.74 Å².